The highest BCUT2D eigenvalue weighted by molar-refractivity contribution is 6.27. The highest BCUT2D eigenvalue weighted by atomic mass is 16.1. The Kier molecular flexibility index (Phi) is 5.70. The van der Waals surface area contributed by atoms with Gasteiger partial charge < -0.3 is 4.57 Å². The number of ketones is 2. The lowest BCUT2D eigenvalue weighted by atomic mass is 9.90. The SMILES string of the molecule is O=C1c2ccccc2C(=O)c2c1nc(Cc1ccccc1)n2Cc1ccc(-c2ccccc2-c2nn[nH]n2)cc1. The third kappa shape index (κ3) is 4.03. The lowest BCUT2D eigenvalue weighted by molar-refractivity contribution is 0.0971. The summed E-state index contributed by atoms with van der Waals surface area (Å²) in [6, 6.07) is 32.9. The van der Waals surface area contributed by atoms with Crippen LogP contribution in [0, 0.1) is 0 Å². The maximum atomic E-state index is 13.7. The van der Waals surface area contributed by atoms with E-state index in [1.807, 2.05) is 83.4 Å². The van der Waals surface area contributed by atoms with Gasteiger partial charge in [0.2, 0.25) is 17.4 Å². The van der Waals surface area contributed by atoms with Crippen LogP contribution < -0.4 is 0 Å². The van der Waals surface area contributed by atoms with Crippen LogP contribution in [0.5, 0.6) is 0 Å². The number of fused-ring (bicyclic) bond motifs is 2. The predicted molar refractivity (Wildman–Crippen MR) is 149 cm³/mol. The smallest absolute Gasteiger partial charge is 0.214 e. The molecule has 0 saturated carbocycles. The van der Waals surface area contributed by atoms with Crippen LogP contribution >= 0.6 is 0 Å². The first-order chi connectivity index (χ1) is 19.7. The van der Waals surface area contributed by atoms with Gasteiger partial charge in [-0.3, -0.25) is 9.59 Å². The lowest BCUT2D eigenvalue weighted by Crippen LogP contribution is -2.23. The molecule has 0 bridgehead atoms. The molecule has 0 amide bonds. The number of aromatic nitrogens is 6. The second-order valence-corrected chi connectivity index (χ2v) is 9.66. The Hall–Kier alpha value is -5.50. The number of tetrazole rings is 1. The van der Waals surface area contributed by atoms with Gasteiger partial charge in [-0.1, -0.05) is 103 Å². The van der Waals surface area contributed by atoms with Gasteiger partial charge in [0.25, 0.3) is 0 Å². The number of hydrogen-bond donors (Lipinski definition) is 1. The van der Waals surface area contributed by atoms with Crippen LogP contribution in [0.1, 0.15) is 49.1 Å². The van der Waals surface area contributed by atoms with Crippen LogP contribution in [0.4, 0.5) is 0 Å². The summed E-state index contributed by atoms with van der Waals surface area (Å²) in [7, 11) is 0. The fourth-order valence-corrected chi connectivity index (χ4v) is 5.28. The van der Waals surface area contributed by atoms with Gasteiger partial charge in [0, 0.05) is 29.7 Å². The molecule has 6 aromatic rings. The van der Waals surface area contributed by atoms with Gasteiger partial charge in [0.1, 0.15) is 17.2 Å². The number of carbonyl (C=O) groups is 2. The van der Waals surface area contributed by atoms with Crippen molar-refractivity contribution in [3.8, 4) is 22.5 Å². The van der Waals surface area contributed by atoms with E-state index in [9.17, 15) is 9.59 Å². The van der Waals surface area contributed by atoms with Gasteiger partial charge in [0.05, 0.1) is 0 Å². The zero-order chi connectivity index (χ0) is 27.1. The average Bonchev–Trinajstić information content (AvgIpc) is 3.66. The maximum absolute atomic E-state index is 13.7. The molecule has 0 aliphatic heterocycles. The normalized spacial score (nSPS) is 12.3. The Morgan fingerprint density at radius 2 is 1.30 bits per heavy atom. The quantitative estimate of drug-likeness (QED) is 0.324. The third-order valence-corrected chi connectivity index (χ3v) is 7.22. The van der Waals surface area contributed by atoms with Crippen molar-refractivity contribution < 1.29 is 9.59 Å². The molecule has 1 aliphatic carbocycles. The minimum Gasteiger partial charge on any atom is -0.320 e. The summed E-state index contributed by atoms with van der Waals surface area (Å²) >= 11 is 0. The van der Waals surface area contributed by atoms with E-state index < -0.39 is 0 Å². The average molecular weight is 523 g/mol. The summed E-state index contributed by atoms with van der Waals surface area (Å²) < 4.78 is 1.90. The number of imidazole rings is 1. The predicted octanol–water partition coefficient (Wildman–Crippen LogP) is 5.14. The van der Waals surface area contributed by atoms with Crippen LogP contribution in [0.25, 0.3) is 22.5 Å². The van der Waals surface area contributed by atoms with Gasteiger partial charge in [-0.15, -0.1) is 10.2 Å². The molecule has 2 heterocycles. The fraction of sp³-hybridized carbons (Fsp3) is 0.0625. The molecule has 2 aromatic heterocycles. The van der Waals surface area contributed by atoms with Gasteiger partial charge in [-0.2, -0.15) is 5.21 Å². The van der Waals surface area contributed by atoms with Crippen LogP contribution in [0.2, 0.25) is 0 Å². The number of nitrogens with zero attached hydrogens (tertiary/aromatic N) is 5. The van der Waals surface area contributed by atoms with E-state index >= 15 is 0 Å². The molecule has 0 saturated heterocycles. The summed E-state index contributed by atoms with van der Waals surface area (Å²) in [5.74, 6) is 0.810. The van der Waals surface area contributed by atoms with Gasteiger partial charge >= 0.3 is 0 Å². The number of aromatic amines is 1. The summed E-state index contributed by atoms with van der Waals surface area (Å²) in [4.78, 5) is 31.8. The van der Waals surface area contributed by atoms with E-state index in [2.05, 4.69) is 20.6 Å². The molecule has 0 fully saturated rings. The van der Waals surface area contributed by atoms with Crippen LogP contribution in [0.3, 0.4) is 0 Å². The molecule has 0 spiro atoms. The molecule has 1 N–H and O–H groups in total. The highest BCUT2D eigenvalue weighted by Gasteiger charge is 2.35. The van der Waals surface area contributed by atoms with E-state index in [0.29, 0.717) is 41.4 Å². The molecule has 8 nitrogen and oxygen atoms in total. The molecule has 7 rings (SSSR count). The second-order valence-electron chi connectivity index (χ2n) is 9.66. The van der Waals surface area contributed by atoms with Crippen molar-refractivity contribution in [1.82, 2.24) is 30.2 Å². The van der Waals surface area contributed by atoms with Crippen molar-refractivity contribution in [1.29, 1.82) is 0 Å². The summed E-state index contributed by atoms with van der Waals surface area (Å²) in [5, 5.41) is 14.5. The Morgan fingerprint density at radius 3 is 2.00 bits per heavy atom. The third-order valence-electron chi connectivity index (χ3n) is 7.22. The number of hydrogen-bond acceptors (Lipinski definition) is 6. The fourth-order valence-electron chi connectivity index (χ4n) is 5.28. The molecular formula is C32H22N6O2. The molecule has 0 atom stereocenters. The van der Waals surface area contributed by atoms with Crippen molar-refractivity contribution in [3.63, 3.8) is 0 Å². The Labute approximate surface area is 229 Å². The topological polar surface area (TPSA) is 106 Å². The zero-order valence-electron chi connectivity index (χ0n) is 21.3. The molecule has 0 unspecified atom stereocenters. The Morgan fingerprint density at radius 1 is 0.650 bits per heavy atom. The highest BCUT2D eigenvalue weighted by Crippen LogP contribution is 2.32. The van der Waals surface area contributed by atoms with E-state index in [0.717, 1.165) is 27.8 Å². The summed E-state index contributed by atoms with van der Waals surface area (Å²) in [6.07, 6.45) is 0.501. The molecular weight excluding hydrogens is 500 g/mol. The number of nitrogens with one attached hydrogen (secondary N) is 1. The molecule has 1 aliphatic rings. The minimum atomic E-state index is -0.216. The monoisotopic (exact) mass is 522 g/mol. The Balaban J connectivity index is 1.28. The molecule has 8 heteroatoms. The first-order valence-electron chi connectivity index (χ1n) is 12.9. The molecule has 4 aromatic carbocycles. The standard InChI is InChI=1S/C32H22N6O2/c39-30-24-11-5-6-12-25(24)31(40)29-28(30)33-27(18-20-8-2-1-3-9-20)38(29)19-21-14-16-22(17-15-21)23-10-4-7-13-26(23)32-34-36-37-35-32/h1-17H,18-19H2,(H,34,35,36,37). The first-order valence-corrected chi connectivity index (χ1v) is 12.9. The van der Waals surface area contributed by atoms with E-state index in [4.69, 9.17) is 4.98 Å². The lowest BCUT2D eigenvalue weighted by Gasteiger charge is -2.17. The van der Waals surface area contributed by atoms with Crippen LogP contribution in [-0.4, -0.2) is 41.7 Å². The van der Waals surface area contributed by atoms with E-state index in [1.165, 1.54) is 0 Å². The molecule has 0 radical (unpaired) electrons. The van der Waals surface area contributed by atoms with Crippen molar-refractivity contribution in [2.24, 2.45) is 0 Å². The number of carbonyl (C=O) groups excluding carboxylic acids is 2. The number of H-pyrrole nitrogens is 1. The summed E-state index contributed by atoms with van der Waals surface area (Å²) in [6.45, 7) is 0.401. The largest absolute Gasteiger partial charge is 0.320 e. The number of rotatable bonds is 6. The van der Waals surface area contributed by atoms with Gasteiger partial charge in [0.15, 0.2) is 0 Å². The maximum Gasteiger partial charge on any atom is 0.214 e. The Bertz CT molecular complexity index is 1870. The van der Waals surface area contributed by atoms with Crippen molar-refractivity contribution in [2.75, 3.05) is 0 Å². The number of benzene rings is 4. The molecule has 40 heavy (non-hydrogen) atoms. The summed E-state index contributed by atoms with van der Waals surface area (Å²) in [5.41, 5.74) is 6.29. The van der Waals surface area contributed by atoms with Crippen molar-refractivity contribution in [3.05, 3.63) is 143 Å². The van der Waals surface area contributed by atoms with E-state index in [-0.39, 0.29) is 17.3 Å². The van der Waals surface area contributed by atoms with E-state index in [1.54, 1.807) is 24.3 Å². The minimum absolute atomic E-state index is 0.178. The van der Waals surface area contributed by atoms with Crippen LogP contribution in [0.15, 0.2) is 103 Å². The van der Waals surface area contributed by atoms with Crippen LogP contribution in [-0.2, 0) is 13.0 Å². The van der Waals surface area contributed by atoms with Gasteiger partial charge in [-0.25, -0.2) is 4.98 Å². The first kappa shape index (κ1) is 23.6. The molecule has 192 valence electrons. The second kappa shape index (κ2) is 9.67. The van der Waals surface area contributed by atoms with Crippen molar-refractivity contribution in [2.45, 2.75) is 13.0 Å². The van der Waals surface area contributed by atoms with Gasteiger partial charge in [-0.05, 0) is 27.5 Å². The van der Waals surface area contributed by atoms with Crippen molar-refractivity contribution >= 4 is 11.6 Å². The zero-order valence-corrected chi connectivity index (χ0v) is 21.3.